The van der Waals surface area contributed by atoms with Crippen molar-refractivity contribution >= 4 is 170 Å². The first kappa shape index (κ1) is 67.8. The number of nitrogens with two attached hydrogens (primary N) is 2. The lowest BCUT2D eigenvalue weighted by molar-refractivity contribution is 0.101. The van der Waals surface area contributed by atoms with Gasteiger partial charge in [-0.3, -0.25) is 44.6 Å². The molecule has 0 atom stereocenters. The third-order valence-corrected chi connectivity index (χ3v) is 14.5. The summed E-state index contributed by atoms with van der Waals surface area (Å²) in [5.74, 6) is -0.791. The number of amides is 6. The average molecular weight is 1460 g/mol. The maximum Gasteiger partial charge on any atom is 0.258 e. The van der Waals surface area contributed by atoms with E-state index in [2.05, 4.69) is 99.6 Å². The van der Waals surface area contributed by atoms with E-state index in [9.17, 15) is 28.8 Å². The van der Waals surface area contributed by atoms with E-state index in [0.717, 1.165) is 0 Å². The molecule has 0 aliphatic rings. The van der Waals surface area contributed by atoms with Gasteiger partial charge >= 0.3 is 0 Å². The lowest BCUT2D eigenvalue weighted by Gasteiger charge is -2.14. The number of hydrogen-bond acceptors (Lipinski definition) is 12. The number of nitrogens with one attached hydrogen (secondary N) is 8. The van der Waals surface area contributed by atoms with Crippen LogP contribution >= 0.6 is 82.6 Å². The fourth-order valence-electron chi connectivity index (χ4n) is 7.68. The minimum atomic E-state index is -0.441. The van der Waals surface area contributed by atoms with E-state index in [-0.39, 0.29) is 34.3 Å². The molecule has 9 rings (SSSR count). The first-order valence-electron chi connectivity index (χ1n) is 26.2. The molecule has 456 valence electrons. The lowest BCUT2D eigenvalue weighted by atomic mass is 10.1. The Morgan fingerprint density at radius 1 is 0.411 bits per heavy atom. The van der Waals surface area contributed by atoms with E-state index in [1.165, 1.54) is 18.6 Å². The molecular weight excluding hydrogens is 1410 g/mol. The van der Waals surface area contributed by atoms with E-state index < -0.39 is 23.6 Å². The largest absolute Gasteiger partial charge is 0.384 e. The van der Waals surface area contributed by atoms with Crippen LogP contribution in [0.3, 0.4) is 0 Å². The third-order valence-electron chi connectivity index (χ3n) is 12.3. The predicted molar refractivity (Wildman–Crippen MR) is 365 cm³/mol. The number of aromatic nitrogens is 3. The van der Waals surface area contributed by atoms with Crippen molar-refractivity contribution in [2.24, 2.45) is 16.5 Å². The molecule has 0 radical (unpaired) electrons. The molecule has 27 heteroatoms. The third kappa shape index (κ3) is 19.4. The molecule has 3 heterocycles. The highest BCUT2D eigenvalue weighted by molar-refractivity contribution is 9.11. The summed E-state index contributed by atoms with van der Waals surface area (Å²) in [6.07, 6.45) is 4.28. The molecule has 0 bridgehead atoms. The summed E-state index contributed by atoms with van der Waals surface area (Å²) in [4.78, 5) is 94.0. The number of hydrogen-bond donors (Lipinski definition) is 10. The summed E-state index contributed by atoms with van der Waals surface area (Å²) in [7, 11) is 5.15. The summed E-state index contributed by atoms with van der Waals surface area (Å²) in [5, 5.41) is 33.1. The number of aliphatic imine (C=N–C) groups is 1. The van der Waals surface area contributed by atoms with Gasteiger partial charge in [0.2, 0.25) is 0 Å². The highest BCUT2D eigenvalue weighted by Crippen LogP contribution is 2.27. The van der Waals surface area contributed by atoms with E-state index >= 15 is 0 Å². The molecule has 0 saturated heterocycles. The minimum absolute atomic E-state index is 0.0837. The number of nitrogen functional groups attached to an aromatic ring is 1. The summed E-state index contributed by atoms with van der Waals surface area (Å²) >= 11 is 27.5. The molecule has 3 aromatic heterocycles. The minimum Gasteiger partial charge on any atom is -0.384 e. The number of carbonyl (C=O) groups is 6. The second-order valence-corrected chi connectivity index (χ2v) is 22.9. The Kier molecular flexibility index (Phi) is 24.1. The smallest absolute Gasteiger partial charge is 0.258 e. The Balaban J connectivity index is 0.000000192. The highest BCUT2D eigenvalue weighted by Gasteiger charge is 2.20. The van der Waals surface area contributed by atoms with E-state index in [4.69, 9.17) is 57.1 Å². The zero-order chi connectivity index (χ0) is 65.2. The van der Waals surface area contributed by atoms with Crippen LogP contribution in [0.4, 0.5) is 34.5 Å². The molecule has 0 aliphatic heterocycles. The number of nitrogens with zero attached hydrogens (tertiary/aromatic N) is 5. The van der Waals surface area contributed by atoms with Crippen LogP contribution in [0.15, 0.2) is 201 Å². The quantitative estimate of drug-likeness (QED) is 0.0338. The number of pyridine rings is 3. The van der Waals surface area contributed by atoms with Gasteiger partial charge in [0.25, 0.3) is 35.4 Å². The van der Waals surface area contributed by atoms with Crippen molar-refractivity contribution in [1.29, 1.82) is 10.8 Å². The zero-order valence-electron chi connectivity index (χ0n) is 47.4. The molecule has 12 N–H and O–H groups in total. The van der Waals surface area contributed by atoms with Gasteiger partial charge in [-0.25, -0.2) is 15.0 Å². The van der Waals surface area contributed by atoms with Crippen molar-refractivity contribution in [2.75, 3.05) is 53.0 Å². The molecular formula is C63H51Br3Cl3N15O6. The maximum atomic E-state index is 12.8. The van der Waals surface area contributed by atoms with E-state index in [1.807, 2.05) is 0 Å². The van der Waals surface area contributed by atoms with Crippen LogP contribution in [0, 0.1) is 10.8 Å². The molecule has 0 spiro atoms. The van der Waals surface area contributed by atoms with Crippen molar-refractivity contribution in [3.63, 3.8) is 0 Å². The highest BCUT2D eigenvalue weighted by atomic mass is 79.9. The van der Waals surface area contributed by atoms with Crippen molar-refractivity contribution < 1.29 is 28.8 Å². The summed E-state index contributed by atoms with van der Waals surface area (Å²) < 4.78 is 2.05. The molecule has 21 nitrogen and oxygen atoms in total. The molecule has 0 fully saturated rings. The summed E-state index contributed by atoms with van der Waals surface area (Å²) in [6.45, 7) is 0. The SMILES string of the molecule is CN(C)C(=N)c1ccc(C(=O)Nc2ccc(Br)cc2C(=O)Nc2ccc(Cl)cn2)cc1.CN=C(N)c1ccc(C(=O)Nc2ccc(Br)cc2C(=O)Nc2ccc(Cl)cn2)cc1.N=C(N)c1ccc(C(=O)Nc2ccc(Br)cc2C(=O)Nc2ccc(Cl)cn2)cc1. The fourth-order valence-corrected chi connectivity index (χ4v) is 9.10. The van der Waals surface area contributed by atoms with Crippen molar-refractivity contribution in [2.45, 2.75) is 0 Å². The molecule has 9 aromatic rings. The van der Waals surface area contributed by atoms with Crippen LogP contribution < -0.4 is 43.4 Å². The van der Waals surface area contributed by atoms with Crippen LogP contribution in [0.5, 0.6) is 0 Å². The second kappa shape index (κ2) is 32.0. The van der Waals surface area contributed by atoms with Gasteiger partial charge in [-0.15, -0.1) is 0 Å². The van der Waals surface area contributed by atoms with Crippen LogP contribution in [-0.4, -0.2) is 93.9 Å². The van der Waals surface area contributed by atoms with E-state index in [0.29, 0.717) is 108 Å². The molecule has 6 amide bonds. The Morgan fingerprint density at radius 3 is 0.967 bits per heavy atom. The Bertz CT molecular complexity index is 4190. The number of rotatable bonds is 15. The zero-order valence-corrected chi connectivity index (χ0v) is 54.5. The van der Waals surface area contributed by atoms with Crippen LogP contribution in [0.2, 0.25) is 15.1 Å². The van der Waals surface area contributed by atoms with Gasteiger partial charge in [0.05, 0.1) is 48.8 Å². The number of halogens is 6. The van der Waals surface area contributed by atoms with Gasteiger partial charge in [0, 0.05) is 86.5 Å². The van der Waals surface area contributed by atoms with Crippen molar-refractivity contribution in [3.8, 4) is 0 Å². The number of anilines is 6. The van der Waals surface area contributed by atoms with Gasteiger partial charge < -0.3 is 48.3 Å². The number of carbonyl (C=O) groups excluding carboxylic acids is 6. The second-order valence-electron chi connectivity index (χ2n) is 18.9. The summed E-state index contributed by atoms with van der Waals surface area (Å²) in [5.41, 5.74) is 16.1. The Hall–Kier alpha value is -9.69. The molecule has 0 aliphatic carbocycles. The topological polar surface area (TPSA) is 329 Å². The standard InChI is InChI=1S/C22H19BrClN5O2.C21H17BrClN5O2.C20H15BrClN5O2/c1-29(2)20(25)13-3-5-14(6-4-13)21(30)27-18-9-7-15(23)11-17(18)22(31)28-19-10-8-16(24)12-26-19;1-25-19(24)12-2-4-13(5-3-12)20(29)27-17-8-6-14(22)10-16(17)21(30)28-18-9-7-15(23)11-26-18;21-13-5-7-16(26-19(28)12-3-1-11(2-4-12)18(23)24)15(9-13)20(29)27-17-8-6-14(22)10-25-17/h3-12,25H,1-2H3,(H,27,30)(H,26,28,31);2-11H,1H3,(H2,24,25)(H,27,29)(H,26,28,30);1-10H,(H3,23,24)(H,26,28)(H,25,27,29). The van der Waals surface area contributed by atoms with Gasteiger partial charge in [-0.1, -0.05) is 119 Å². The Morgan fingerprint density at radius 2 is 0.700 bits per heavy atom. The molecule has 0 saturated carbocycles. The fraction of sp³-hybridized carbons (Fsp3) is 0.0476. The van der Waals surface area contributed by atoms with E-state index in [1.54, 1.807) is 190 Å². The maximum absolute atomic E-state index is 12.8. The first-order chi connectivity index (χ1) is 42.9. The van der Waals surface area contributed by atoms with Crippen molar-refractivity contribution in [3.05, 3.63) is 261 Å². The predicted octanol–water partition coefficient (Wildman–Crippen LogP) is 13.5. The van der Waals surface area contributed by atoms with Crippen molar-refractivity contribution in [1.82, 2.24) is 19.9 Å². The normalized spacial score (nSPS) is 10.6. The van der Waals surface area contributed by atoms with Crippen LogP contribution in [-0.2, 0) is 0 Å². The molecule has 6 aromatic carbocycles. The van der Waals surface area contributed by atoms with Gasteiger partial charge in [-0.05, 0) is 127 Å². The lowest BCUT2D eigenvalue weighted by Crippen LogP contribution is -2.22. The number of benzene rings is 6. The van der Waals surface area contributed by atoms with Gasteiger partial charge in [0.1, 0.15) is 35.0 Å². The molecule has 90 heavy (non-hydrogen) atoms. The van der Waals surface area contributed by atoms with Gasteiger partial charge in [-0.2, -0.15) is 0 Å². The average Bonchev–Trinajstić information content (AvgIpc) is 2.66. The molecule has 0 unspecified atom stereocenters. The Labute approximate surface area is 555 Å². The number of amidine groups is 3. The monoisotopic (exact) mass is 1460 g/mol. The van der Waals surface area contributed by atoms with Crippen LogP contribution in [0.1, 0.15) is 78.8 Å². The van der Waals surface area contributed by atoms with Crippen LogP contribution in [0.25, 0.3) is 0 Å². The summed E-state index contributed by atoms with van der Waals surface area (Å²) in [6, 6.07) is 44.2. The first-order valence-corrected chi connectivity index (χ1v) is 29.7. The van der Waals surface area contributed by atoms with Gasteiger partial charge in [0.15, 0.2) is 0 Å².